The smallest absolute Gasteiger partial charge is 0.116 e. The second-order valence-electron chi connectivity index (χ2n) is 7.18. The molecule has 6 heteroatoms. The predicted molar refractivity (Wildman–Crippen MR) is 109 cm³/mol. The van der Waals surface area contributed by atoms with Gasteiger partial charge in [-0.25, -0.2) is 0 Å². The van der Waals surface area contributed by atoms with E-state index in [1.807, 2.05) is 64.5 Å². The van der Waals surface area contributed by atoms with E-state index in [0.717, 1.165) is 22.7 Å². The molecule has 0 aromatic heterocycles. The summed E-state index contributed by atoms with van der Waals surface area (Å²) in [6.07, 6.45) is 7.25. The number of para-hydroxylation sites is 1. The first kappa shape index (κ1) is 19.8. The normalized spacial score (nSPS) is 17.1. The SMILES string of the molecule is CC1=Nc2ccccc2C1=NN=C1C=CC(=C([O-])C[N+](C)(C)C)C=C1.Cl. The highest BCUT2D eigenvalue weighted by molar-refractivity contribution is 6.51. The fourth-order valence-corrected chi connectivity index (χ4v) is 2.67. The Bertz CT molecular complexity index is 865. The number of hydrogen-bond acceptors (Lipinski definition) is 4. The van der Waals surface area contributed by atoms with Crippen molar-refractivity contribution in [3.63, 3.8) is 0 Å². The number of rotatable bonds is 3. The Morgan fingerprint density at radius 2 is 1.69 bits per heavy atom. The first-order chi connectivity index (χ1) is 11.8. The van der Waals surface area contributed by atoms with E-state index in [9.17, 15) is 5.11 Å². The van der Waals surface area contributed by atoms with Crippen LogP contribution in [-0.2, 0) is 0 Å². The minimum atomic E-state index is 0. The molecule has 0 radical (unpaired) electrons. The average molecular weight is 371 g/mol. The van der Waals surface area contributed by atoms with Crippen LogP contribution in [0.4, 0.5) is 5.69 Å². The maximum atomic E-state index is 12.2. The minimum Gasteiger partial charge on any atom is -0.871 e. The van der Waals surface area contributed by atoms with Gasteiger partial charge in [-0.05, 0) is 30.7 Å². The number of benzene rings is 1. The molecule has 1 aliphatic carbocycles. The van der Waals surface area contributed by atoms with Crippen LogP contribution in [0.5, 0.6) is 0 Å². The van der Waals surface area contributed by atoms with Crippen molar-refractivity contribution in [3.05, 3.63) is 65.5 Å². The Labute approximate surface area is 160 Å². The van der Waals surface area contributed by atoms with Gasteiger partial charge >= 0.3 is 0 Å². The number of likely N-dealkylation sites (N-methyl/N-ethyl adjacent to an activating group) is 1. The van der Waals surface area contributed by atoms with Gasteiger partial charge in [-0.3, -0.25) is 4.99 Å². The first-order valence-corrected chi connectivity index (χ1v) is 8.21. The highest BCUT2D eigenvalue weighted by Crippen LogP contribution is 2.26. The Hall–Kier alpha value is -2.50. The summed E-state index contributed by atoms with van der Waals surface area (Å²) in [6.45, 7) is 2.39. The molecule has 0 spiro atoms. The van der Waals surface area contributed by atoms with Gasteiger partial charge in [-0.15, -0.1) is 17.5 Å². The molecule has 136 valence electrons. The molecule has 1 aliphatic heterocycles. The van der Waals surface area contributed by atoms with Crippen molar-refractivity contribution in [3.8, 4) is 0 Å². The molecular weight excluding hydrogens is 348 g/mol. The van der Waals surface area contributed by atoms with Crippen molar-refractivity contribution in [2.75, 3.05) is 27.7 Å². The zero-order valence-electron chi connectivity index (χ0n) is 15.4. The number of allylic oxidation sites excluding steroid dienone is 5. The molecule has 0 saturated carbocycles. The summed E-state index contributed by atoms with van der Waals surface area (Å²) in [5.41, 5.74) is 4.99. The fraction of sp³-hybridized carbons (Fsp3) is 0.250. The highest BCUT2D eigenvalue weighted by atomic mass is 35.5. The van der Waals surface area contributed by atoms with Gasteiger partial charge in [-0.2, -0.15) is 5.10 Å². The van der Waals surface area contributed by atoms with Crippen LogP contribution in [0.3, 0.4) is 0 Å². The molecule has 0 saturated heterocycles. The van der Waals surface area contributed by atoms with Crippen LogP contribution in [0.25, 0.3) is 0 Å². The number of aliphatic imine (C=N–C) groups is 1. The van der Waals surface area contributed by atoms with Gasteiger partial charge in [0.25, 0.3) is 0 Å². The van der Waals surface area contributed by atoms with E-state index < -0.39 is 0 Å². The molecule has 0 amide bonds. The molecule has 1 aromatic carbocycles. The van der Waals surface area contributed by atoms with Crippen molar-refractivity contribution in [2.24, 2.45) is 15.2 Å². The largest absolute Gasteiger partial charge is 0.871 e. The van der Waals surface area contributed by atoms with E-state index in [0.29, 0.717) is 22.3 Å². The third kappa shape index (κ3) is 4.56. The van der Waals surface area contributed by atoms with Gasteiger partial charge in [0.1, 0.15) is 5.71 Å². The van der Waals surface area contributed by atoms with Crippen LogP contribution in [-0.4, -0.2) is 49.3 Å². The summed E-state index contributed by atoms with van der Waals surface area (Å²) in [4.78, 5) is 4.50. The van der Waals surface area contributed by atoms with Crippen LogP contribution in [0.1, 0.15) is 12.5 Å². The molecule has 0 fully saturated rings. The highest BCUT2D eigenvalue weighted by Gasteiger charge is 2.18. The summed E-state index contributed by atoms with van der Waals surface area (Å²) >= 11 is 0. The van der Waals surface area contributed by atoms with Gasteiger partial charge in [0, 0.05) is 5.56 Å². The van der Waals surface area contributed by atoms with Gasteiger partial charge in [0.2, 0.25) is 0 Å². The van der Waals surface area contributed by atoms with Crippen molar-refractivity contribution < 1.29 is 9.59 Å². The van der Waals surface area contributed by atoms with Crippen LogP contribution >= 0.6 is 12.4 Å². The Morgan fingerprint density at radius 1 is 1.04 bits per heavy atom. The lowest BCUT2D eigenvalue weighted by Gasteiger charge is -2.29. The van der Waals surface area contributed by atoms with Crippen molar-refractivity contribution >= 4 is 35.2 Å². The standard InChI is InChI=1S/C20H22N4O.ClH/c1-14-20(17-7-5-6-8-18(17)21-14)23-22-16-11-9-15(10-12-16)19(25)13-24(2,3)4;/h5-12H,13H2,1-4H3;1H. The molecule has 0 bridgehead atoms. The van der Waals surface area contributed by atoms with E-state index in [4.69, 9.17) is 0 Å². The Morgan fingerprint density at radius 3 is 2.35 bits per heavy atom. The van der Waals surface area contributed by atoms with Crippen LogP contribution in [0.2, 0.25) is 0 Å². The van der Waals surface area contributed by atoms with E-state index >= 15 is 0 Å². The lowest BCUT2D eigenvalue weighted by molar-refractivity contribution is -0.870. The summed E-state index contributed by atoms with van der Waals surface area (Å²) in [7, 11) is 6.00. The summed E-state index contributed by atoms with van der Waals surface area (Å²) in [5, 5.41) is 20.9. The van der Waals surface area contributed by atoms with Crippen LogP contribution in [0, 0.1) is 0 Å². The Balaban J connectivity index is 0.00000243. The van der Waals surface area contributed by atoms with E-state index in [1.54, 1.807) is 12.2 Å². The maximum absolute atomic E-state index is 12.2. The molecule has 5 nitrogen and oxygen atoms in total. The van der Waals surface area contributed by atoms with Crippen LogP contribution < -0.4 is 5.11 Å². The molecule has 1 aromatic rings. The van der Waals surface area contributed by atoms with Crippen LogP contribution in [0.15, 0.2) is 75.1 Å². The molecule has 0 unspecified atom stereocenters. The second kappa shape index (κ2) is 7.81. The van der Waals surface area contributed by atoms with E-state index in [-0.39, 0.29) is 18.2 Å². The predicted octanol–water partition coefficient (Wildman–Crippen LogP) is 2.81. The second-order valence-corrected chi connectivity index (χ2v) is 7.18. The monoisotopic (exact) mass is 370 g/mol. The lowest BCUT2D eigenvalue weighted by Crippen LogP contribution is -2.39. The molecular formula is C20H23ClN4O. The molecule has 2 aliphatic rings. The van der Waals surface area contributed by atoms with Gasteiger partial charge in [0.15, 0.2) is 0 Å². The maximum Gasteiger partial charge on any atom is 0.116 e. The summed E-state index contributed by atoms with van der Waals surface area (Å²) in [5.74, 6) is 0.123. The zero-order valence-corrected chi connectivity index (χ0v) is 16.2. The number of fused-ring (bicyclic) bond motifs is 1. The van der Waals surface area contributed by atoms with Crippen molar-refractivity contribution in [1.29, 1.82) is 0 Å². The zero-order chi connectivity index (χ0) is 18.0. The number of halogens is 1. The van der Waals surface area contributed by atoms with Gasteiger partial charge < -0.3 is 9.59 Å². The molecule has 0 atom stereocenters. The lowest BCUT2D eigenvalue weighted by atomic mass is 10.1. The van der Waals surface area contributed by atoms with Crippen molar-refractivity contribution in [2.45, 2.75) is 6.92 Å². The molecule has 26 heavy (non-hydrogen) atoms. The Kier molecular flexibility index (Phi) is 5.95. The molecule has 1 heterocycles. The molecule has 0 N–H and O–H groups in total. The number of nitrogens with zero attached hydrogens (tertiary/aromatic N) is 4. The average Bonchev–Trinajstić information content (AvgIpc) is 2.87. The third-order valence-corrected chi connectivity index (χ3v) is 3.86. The fourth-order valence-electron chi connectivity index (χ4n) is 2.67. The summed E-state index contributed by atoms with van der Waals surface area (Å²) < 4.78 is 0.608. The van der Waals surface area contributed by atoms with Gasteiger partial charge in [0.05, 0.1) is 44.8 Å². The number of hydrogen-bond donors (Lipinski definition) is 0. The quantitative estimate of drug-likeness (QED) is 0.458. The first-order valence-electron chi connectivity index (χ1n) is 8.21. The van der Waals surface area contributed by atoms with Gasteiger partial charge in [-0.1, -0.05) is 36.1 Å². The van der Waals surface area contributed by atoms with Crippen molar-refractivity contribution in [1.82, 2.24) is 0 Å². The third-order valence-electron chi connectivity index (χ3n) is 3.86. The summed E-state index contributed by atoms with van der Waals surface area (Å²) in [6, 6.07) is 7.89. The van der Waals surface area contributed by atoms with E-state index in [2.05, 4.69) is 15.2 Å². The topological polar surface area (TPSA) is 60.1 Å². The number of quaternary nitrogens is 1. The molecule has 3 rings (SSSR count). The minimum absolute atomic E-state index is 0. The van der Waals surface area contributed by atoms with E-state index in [1.165, 1.54) is 0 Å².